The molecular weight excluding hydrogens is 346 g/mol. The average molecular weight is 367 g/mol. The number of nitrogens with zero attached hydrogens (tertiary/aromatic N) is 3. The summed E-state index contributed by atoms with van der Waals surface area (Å²) in [5, 5.41) is 9.15. The van der Waals surface area contributed by atoms with Gasteiger partial charge in [-0.3, -0.25) is 4.79 Å². The molecule has 6 heteroatoms. The van der Waals surface area contributed by atoms with Gasteiger partial charge in [-0.15, -0.1) is 10.2 Å². The van der Waals surface area contributed by atoms with Crippen LogP contribution in [-0.2, 0) is 6.54 Å². The average Bonchev–Trinajstić information content (AvgIpc) is 3.10. The van der Waals surface area contributed by atoms with E-state index in [-0.39, 0.29) is 11.0 Å². The SMILES string of the molecule is CCn1c(SC(C)C(=O)c2ccccc2)nnc1-c1ccccc1OC. The second kappa shape index (κ2) is 8.19. The van der Waals surface area contributed by atoms with Crippen LogP contribution >= 0.6 is 11.8 Å². The highest BCUT2D eigenvalue weighted by molar-refractivity contribution is 8.00. The molecule has 1 unspecified atom stereocenters. The minimum absolute atomic E-state index is 0.0834. The molecular formula is C20H21N3O2S. The Morgan fingerprint density at radius 3 is 2.50 bits per heavy atom. The molecule has 3 rings (SSSR count). The van der Waals surface area contributed by atoms with Crippen LogP contribution in [0.1, 0.15) is 24.2 Å². The third-order valence-electron chi connectivity index (χ3n) is 4.09. The molecule has 0 radical (unpaired) electrons. The molecule has 0 saturated heterocycles. The highest BCUT2D eigenvalue weighted by Crippen LogP contribution is 2.32. The van der Waals surface area contributed by atoms with Gasteiger partial charge >= 0.3 is 0 Å². The van der Waals surface area contributed by atoms with Gasteiger partial charge in [-0.2, -0.15) is 0 Å². The van der Waals surface area contributed by atoms with Crippen LogP contribution in [0, 0.1) is 0 Å². The zero-order chi connectivity index (χ0) is 18.5. The molecule has 0 amide bonds. The summed E-state index contributed by atoms with van der Waals surface area (Å²) < 4.78 is 7.45. The number of benzene rings is 2. The van der Waals surface area contributed by atoms with E-state index in [0.717, 1.165) is 22.3 Å². The number of hydrogen-bond acceptors (Lipinski definition) is 5. The Balaban J connectivity index is 1.88. The van der Waals surface area contributed by atoms with Crippen LogP contribution in [0.2, 0.25) is 0 Å². The Bertz CT molecular complexity index is 893. The van der Waals surface area contributed by atoms with Crippen molar-refractivity contribution in [2.75, 3.05) is 7.11 Å². The molecule has 134 valence electrons. The summed E-state index contributed by atoms with van der Waals surface area (Å²) >= 11 is 1.43. The summed E-state index contributed by atoms with van der Waals surface area (Å²) in [6.45, 7) is 4.64. The van der Waals surface area contributed by atoms with Crippen molar-refractivity contribution in [2.24, 2.45) is 0 Å². The van der Waals surface area contributed by atoms with E-state index in [2.05, 4.69) is 10.2 Å². The lowest BCUT2D eigenvalue weighted by molar-refractivity contribution is 0.0994. The lowest BCUT2D eigenvalue weighted by Crippen LogP contribution is -2.14. The molecule has 0 N–H and O–H groups in total. The van der Waals surface area contributed by atoms with Crippen LogP contribution in [0.15, 0.2) is 59.8 Å². The topological polar surface area (TPSA) is 57.0 Å². The van der Waals surface area contributed by atoms with Gasteiger partial charge in [-0.1, -0.05) is 54.2 Å². The zero-order valence-corrected chi connectivity index (χ0v) is 15.9. The Kier molecular flexibility index (Phi) is 5.73. The van der Waals surface area contributed by atoms with Crippen LogP contribution in [0.4, 0.5) is 0 Å². The number of methoxy groups -OCH3 is 1. The van der Waals surface area contributed by atoms with Gasteiger partial charge in [0.15, 0.2) is 16.8 Å². The van der Waals surface area contributed by atoms with E-state index in [9.17, 15) is 4.79 Å². The van der Waals surface area contributed by atoms with Crippen LogP contribution in [0.25, 0.3) is 11.4 Å². The van der Waals surface area contributed by atoms with Crippen molar-refractivity contribution in [2.45, 2.75) is 30.8 Å². The number of hydrogen-bond donors (Lipinski definition) is 0. The van der Waals surface area contributed by atoms with Gasteiger partial charge in [0.05, 0.1) is 17.9 Å². The van der Waals surface area contributed by atoms with Crippen molar-refractivity contribution in [3.8, 4) is 17.1 Å². The molecule has 2 aromatic carbocycles. The number of para-hydroxylation sites is 1. The number of carbonyl (C=O) groups is 1. The van der Waals surface area contributed by atoms with Gasteiger partial charge in [0.1, 0.15) is 5.75 Å². The maximum atomic E-state index is 12.6. The lowest BCUT2D eigenvalue weighted by atomic mass is 10.1. The van der Waals surface area contributed by atoms with Crippen molar-refractivity contribution in [1.82, 2.24) is 14.8 Å². The van der Waals surface area contributed by atoms with Gasteiger partial charge < -0.3 is 9.30 Å². The van der Waals surface area contributed by atoms with Crippen molar-refractivity contribution in [3.05, 3.63) is 60.2 Å². The van der Waals surface area contributed by atoms with Crippen LogP contribution in [0.3, 0.4) is 0 Å². The number of Topliss-reactive ketones (excluding diaryl/α,β-unsaturated/α-hetero) is 1. The largest absolute Gasteiger partial charge is 0.496 e. The number of rotatable bonds is 7. The number of carbonyl (C=O) groups excluding carboxylic acids is 1. The minimum Gasteiger partial charge on any atom is -0.496 e. The van der Waals surface area contributed by atoms with Crippen molar-refractivity contribution in [3.63, 3.8) is 0 Å². The molecule has 26 heavy (non-hydrogen) atoms. The lowest BCUT2D eigenvalue weighted by Gasteiger charge is -2.12. The van der Waals surface area contributed by atoms with Gasteiger partial charge in [-0.05, 0) is 26.0 Å². The first-order chi connectivity index (χ1) is 12.7. The number of ketones is 1. The zero-order valence-electron chi connectivity index (χ0n) is 15.0. The van der Waals surface area contributed by atoms with Crippen molar-refractivity contribution >= 4 is 17.5 Å². The van der Waals surface area contributed by atoms with E-state index in [1.54, 1.807) is 7.11 Å². The Labute approximate surface area is 157 Å². The van der Waals surface area contributed by atoms with Crippen molar-refractivity contribution < 1.29 is 9.53 Å². The monoisotopic (exact) mass is 367 g/mol. The quantitative estimate of drug-likeness (QED) is 0.459. The van der Waals surface area contributed by atoms with E-state index in [1.165, 1.54) is 11.8 Å². The summed E-state index contributed by atoms with van der Waals surface area (Å²) in [5.41, 5.74) is 1.60. The first kappa shape index (κ1) is 18.2. The molecule has 1 heterocycles. The fourth-order valence-electron chi connectivity index (χ4n) is 2.74. The van der Waals surface area contributed by atoms with E-state index in [0.29, 0.717) is 12.1 Å². The standard InChI is InChI=1S/C20H21N3O2S/c1-4-23-19(16-12-8-9-13-17(16)25-3)21-22-20(23)26-14(2)18(24)15-10-6-5-7-11-15/h5-14H,4H2,1-3H3. The van der Waals surface area contributed by atoms with Gasteiger partial charge in [0.2, 0.25) is 0 Å². The Morgan fingerprint density at radius 2 is 1.81 bits per heavy atom. The summed E-state index contributed by atoms with van der Waals surface area (Å²) in [7, 11) is 1.64. The summed E-state index contributed by atoms with van der Waals surface area (Å²) in [6, 6.07) is 17.1. The smallest absolute Gasteiger partial charge is 0.192 e. The van der Waals surface area contributed by atoms with E-state index >= 15 is 0 Å². The molecule has 0 fully saturated rings. The molecule has 0 aliphatic carbocycles. The molecule has 0 aliphatic rings. The second-order valence-electron chi connectivity index (χ2n) is 5.74. The predicted octanol–water partition coefficient (Wildman–Crippen LogP) is 4.34. The first-order valence-electron chi connectivity index (χ1n) is 8.48. The Hall–Kier alpha value is -2.60. The number of aromatic nitrogens is 3. The van der Waals surface area contributed by atoms with Gasteiger partial charge in [-0.25, -0.2) is 0 Å². The summed E-state index contributed by atoms with van der Waals surface area (Å²) in [4.78, 5) is 12.6. The molecule has 3 aromatic rings. The molecule has 0 bridgehead atoms. The van der Waals surface area contributed by atoms with Gasteiger partial charge in [0.25, 0.3) is 0 Å². The maximum Gasteiger partial charge on any atom is 0.192 e. The Morgan fingerprint density at radius 1 is 1.12 bits per heavy atom. The maximum absolute atomic E-state index is 12.6. The summed E-state index contributed by atoms with van der Waals surface area (Å²) in [6.07, 6.45) is 0. The third-order valence-corrected chi connectivity index (χ3v) is 5.17. The van der Waals surface area contributed by atoms with E-state index < -0.39 is 0 Å². The molecule has 1 atom stereocenters. The molecule has 5 nitrogen and oxygen atoms in total. The fraction of sp³-hybridized carbons (Fsp3) is 0.250. The summed E-state index contributed by atoms with van der Waals surface area (Å²) in [5.74, 6) is 1.58. The van der Waals surface area contributed by atoms with Gasteiger partial charge in [0, 0.05) is 12.1 Å². The van der Waals surface area contributed by atoms with Crippen LogP contribution < -0.4 is 4.74 Å². The van der Waals surface area contributed by atoms with Crippen LogP contribution in [0.5, 0.6) is 5.75 Å². The third kappa shape index (κ3) is 3.65. The predicted molar refractivity (Wildman–Crippen MR) is 104 cm³/mol. The first-order valence-corrected chi connectivity index (χ1v) is 9.36. The van der Waals surface area contributed by atoms with E-state index in [4.69, 9.17) is 4.74 Å². The molecule has 1 aromatic heterocycles. The molecule has 0 saturated carbocycles. The second-order valence-corrected chi connectivity index (χ2v) is 7.05. The minimum atomic E-state index is -0.252. The van der Waals surface area contributed by atoms with E-state index in [1.807, 2.05) is 73.0 Å². The fourth-order valence-corrected chi connectivity index (χ4v) is 3.73. The van der Waals surface area contributed by atoms with Crippen molar-refractivity contribution in [1.29, 1.82) is 0 Å². The number of thioether (sulfide) groups is 1. The highest BCUT2D eigenvalue weighted by atomic mass is 32.2. The molecule has 0 spiro atoms. The normalized spacial score (nSPS) is 12.0. The number of ether oxygens (including phenoxy) is 1. The van der Waals surface area contributed by atoms with Crippen LogP contribution in [-0.4, -0.2) is 32.9 Å². The molecule has 0 aliphatic heterocycles. The highest BCUT2D eigenvalue weighted by Gasteiger charge is 2.22.